The molecule has 6 nitrogen and oxygen atoms in total. The molecule has 0 fully saturated rings. The predicted octanol–water partition coefficient (Wildman–Crippen LogP) is 1.73. The van der Waals surface area contributed by atoms with Crippen molar-refractivity contribution in [3.8, 4) is 0 Å². The average molecular weight is 287 g/mol. The van der Waals surface area contributed by atoms with E-state index in [0.29, 0.717) is 16.9 Å². The molecule has 0 aliphatic rings. The van der Waals surface area contributed by atoms with Crippen LogP contribution in [0.2, 0.25) is 0 Å². The van der Waals surface area contributed by atoms with Gasteiger partial charge in [0.25, 0.3) is 11.8 Å². The number of hydrogen-bond acceptors (Lipinski definition) is 4. The van der Waals surface area contributed by atoms with E-state index in [1.165, 1.54) is 6.26 Å². The van der Waals surface area contributed by atoms with Gasteiger partial charge in [-0.15, -0.1) is 0 Å². The van der Waals surface area contributed by atoms with Gasteiger partial charge in [0.15, 0.2) is 0 Å². The first-order chi connectivity index (χ1) is 9.99. The summed E-state index contributed by atoms with van der Waals surface area (Å²) in [6.45, 7) is 1.68. The van der Waals surface area contributed by atoms with Crippen LogP contribution in [0.1, 0.15) is 26.5 Å². The number of hydrogen-bond donors (Lipinski definition) is 2. The van der Waals surface area contributed by atoms with Gasteiger partial charge in [0.2, 0.25) is 0 Å². The number of nitrogens with zero attached hydrogens (tertiary/aromatic N) is 1. The zero-order valence-electron chi connectivity index (χ0n) is 12.1. The summed E-state index contributed by atoms with van der Waals surface area (Å²) in [7, 11) is 3.78. The normalized spacial score (nSPS) is 10.0. The van der Waals surface area contributed by atoms with Crippen LogP contribution in [0.4, 0.5) is 5.69 Å². The van der Waals surface area contributed by atoms with Gasteiger partial charge in [-0.1, -0.05) is 6.07 Å². The zero-order valence-corrected chi connectivity index (χ0v) is 12.1. The van der Waals surface area contributed by atoms with Gasteiger partial charge in [-0.2, -0.15) is 0 Å². The van der Waals surface area contributed by atoms with E-state index >= 15 is 0 Å². The molecule has 6 heteroatoms. The lowest BCUT2D eigenvalue weighted by molar-refractivity contribution is 0.0845. The summed E-state index contributed by atoms with van der Waals surface area (Å²) in [4.78, 5) is 25.7. The summed E-state index contributed by atoms with van der Waals surface area (Å²) >= 11 is 0. The number of furan rings is 1. The van der Waals surface area contributed by atoms with E-state index in [4.69, 9.17) is 4.42 Å². The van der Waals surface area contributed by atoms with Gasteiger partial charge in [0.05, 0.1) is 11.8 Å². The summed E-state index contributed by atoms with van der Waals surface area (Å²) in [5, 5.41) is 0. The van der Waals surface area contributed by atoms with Gasteiger partial charge < -0.3 is 9.32 Å². The highest BCUT2D eigenvalue weighted by atomic mass is 16.3. The molecule has 1 aromatic carbocycles. The Labute approximate surface area is 122 Å². The minimum atomic E-state index is -0.418. The van der Waals surface area contributed by atoms with E-state index in [0.717, 1.165) is 5.69 Å². The fourth-order valence-corrected chi connectivity index (χ4v) is 1.80. The molecule has 0 radical (unpaired) electrons. The zero-order chi connectivity index (χ0) is 15.4. The maximum absolute atomic E-state index is 12.0. The summed E-state index contributed by atoms with van der Waals surface area (Å²) < 4.78 is 5.04. The van der Waals surface area contributed by atoms with Crippen LogP contribution in [-0.4, -0.2) is 25.9 Å². The van der Waals surface area contributed by atoms with Gasteiger partial charge in [-0.3, -0.25) is 20.4 Å². The lowest BCUT2D eigenvalue weighted by Crippen LogP contribution is -2.41. The third kappa shape index (κ3) is 3.42. The van der Waals surface area contributed by atoms with E-state index in [1.54, 1.807) is 31.2 Å². The SMILES string of the molecule is Cc1occc1C(=O)NNC(=O)c1cccc(N(C)C)c1. The van der Waals surface area contributed by atoms with Gasteiger partial charge in [-0.25, -0.2) is 0 Å². The maximum atomic E-state index is 12.0. The Balaban J connectivity index is 2.00. The number of rotatable bonds is 3. The van der Waals surface area contributed by atoms with Crippen molar-refractivity contribution >= 4 is 17.5 Å². The minimum absolute atomic E-state index is 0.381. The number of benzene rings is 1. The number of anilines is 1. The number of nitrogens with one attached hydrogen (secondary N) is 2. The summed E-state index contributed by atoms with van der Waals surface area (Å²) in [6.07, 6.45) is 1.42. The van der Waals surface area contributed by atoms with Crippen LogP contribution in [0.5, 0.6) is 0 Å². The molecule has 2 rings (SSSR count). The Morgan fingerprint density at radius 3 is 2.43 bits per heavy atom. The van der Waals surface area contributed by atoms with E-state index in [9.17, 15) is 9.59 Å². The molecular weight excluding hydrogens is 270 g/mol. The molecule has 0 spiro atoms. The van der Waals surface area contributed by atoms with Gasteiger partial charge in [-0.05, 0) is 31.2 Å². The standard InChI is InChI=1S/C15H17N3O3/c1-10-13(7-8-21-10)15(20)17-16-14(19)11-5-4-6-12(9-11)18(2)3/h4-9H,1-3H3,(H,16,19)(H,17,20). The summed E-state index contributed by atoms with van der Waals surface area (Å²) in [6, 6.07) is 8.64. The van der Waals surface area contributed by atoms with Crippen LogP contribution >= 0.6 is 0 Å². The molecule has 0 atom stereocenters. The second-order valence-electron chi connectivity index (χ2n) is 4.74. The Morgan fingerprint density at radius 2 is 1.81 bits per heavy atom. The number of aryl methyl sites for hydroxylation is 1. The summed E-state index contributed by atoms with van der Waals surface area (Å²) in [5.74, 6) is -0.303. The molecule has 2 aromatic rings. The quantitative estimate of drug-likeness (QED) is 0.843. The van der Waals surface area contributed by atoms with E-state index < -0.39 is 5.91 Å². The Bertz CT molecular complexity index is 662. The molecule has 0 bridgehead atoms. The first-order valence-electron chi connectivity index (χ1n) is 6.41. The molecule has 0 aliphatic carbocycles. The van der Waals surface area contributed by atoms with E-state index in [1.807, 2.05) is 25.1 Å². The van der Waals surface area contributed by atoms with Gasteiger partial charge in [0.1, 0.15) is 5.76 Å². The monoisotopic (exact) mass is 287 g/mol. The van der Waals surface area contributed by atoms with Crippen LogP contribution in [0.25, 0.3) is 0 Å². The van der Waals surface area contributed by atoms with Crippen molar-refractivity contribution in [2.75, 3.05) is 19.0 Å². The topological polar surface area (TPSA) is 74.6 Å². The molecule has 0 saturated heterocycles. The highest BCUT2D eigenvalue weighted by Crippen LogP contribution is 2.13. The number of hydrazine groups is 1. The van der Waals surface area contributed by atoms with Crippen LogP contribution in [-0.2, 0) is 0 Å². The van der Waals surface area contributed by atoms with Crippen molar-refractivity contribution in [3.63, 3.8) is 0 Å². The Kier molecular flexibility index (Phi) is 4.27. The van der Waals surface area contributed by atoms with Crippen LogP contribution in [0.15, 0.2) is 41.0 Å². The van der Waals surface area contributed by atoms with Crippen molar-refractivity contribution < 1.29 is 14.0 Å². The summed E-state index contributed by atoms with van der Waals surface area (Å²) in [5.41, 5.74) is 6.49. The second kappa shape index (κ2) is 6.13. The molecule has 1 heterocycles. The predicted molar refractivity (Wildman–Crippen MR) is 79.1 cm³/mol. The van der Waals surface area contributed by atoms with E-state index in [2.05, 4.69) is 10.9 Å². The van der Waals surface area contributed by atoms with Crippen LogP contribution < -0.4 is 15.8 Å². The van der Waals surface area contributed by atoms with Crippen molar-refractivity contribution in [2.24, 2.45) is 0 Å². The van der Waals surface area contributed by atoms with Crippen LogP contribution in [0, 0.1) is 6.92 Å². The molecule has 0 unspecified atom stereocenters. The lowest BCUT2D eigenvalue weighted by Gasteiger charge is -2.13. The molecule has 0 saturated carbocycles. The van der Waals surface area contributed by atoms with Crippen molar-refractivity contribution in [1.29, 1.82) is 0 Å². The van der Waals surface area contributed by atoms with E-state index in [-0.39, 0.29) is 5.91 Å². The molecular formula is C15H17N3O3. The fourth-order valence-electron chi connectivity index (χ4n) is 1.80. The Hall–Kier alpha value is -2.76. The Morgan fingerprint density at radius 1 is 1.10 bits per heavy atom. The number of carbonyl (C=O) groups is 2. The van der Waals surface area contributed by atoms with Crippen molar-refractivity contribution in [1.82, 2.24) is 10.9 Å². The largest absolute Gasteiger partial charge is 0.469 e. The highest BCUT2D eigenvalue weighted by Gasteiger charge is 2.13. The number of amides is 2. The van der Waals surface area contributed by atoms with Crippen molar-refractivity contribution in [3.05, 3.63) is 53.5 Å². The molecule has 21 heavy (non-hydrogen) atoms. The molecule has 0 aliphatic heterocycles. The average Bonchev–Trinajstić information content (AvgIpc) is 2.90. The smallest absolute Gasteiger partial charge is 0.273 e. The molecule has 2 N–H and O–H groups in total. The second-order valence-corrected chi connectivity index (χ2v) is 4.74. The van der Waals surface area contributed by atoms with Crippen LogP contribution in [0.3, 0.4) is 0 Å². The first kappa shape index (κ1) is 14.6. The van der Waals surface area contributed by atoms with Crippen molar-refractivity contribution in [2.45, 2.75) is 6.92 Å². The first-order valence-corrected chi connectivity index (χ1v) is 6.41. The van der Waals surface area contributed by atoms with Gasteiger partial charge in [0, 0.05) is 25.3 Å². The third-order valence-electron chi connectivity index (χ3n) is 3.02. The number of carbonyl (C=O) groups excluding carboxylic acids is 2. The maximum Gasteiger partial charge on any atom is 0.273 e. The minimum Gasteiger partial charge on any atom is -0.469 e. The van der Waals surface area contributed by atoms with Gasteiger partial charge >= 0.3 is 0 Å². The molecule has 1 aromatic heterocycles. The highest BCUT2D eigenvalue weighted by molar-refractivity contribution is 5.99. The molecule has 2 amide bonds. The third-order valence-corrected chi connectivity index (χ3v) is 3.02. The fraction of sp³-hybridized carbons (Fsp3) is 0.200. The lowest BCUT2D eigenvalue weighted by atomic mass is 10.2. The molecule has 110 valence electrons.